The van der Waals surface area contributed by atoms with Crippen LogP contribution in [0.3, 0.4) is 0 Å². The summed E-state index contributed by atoms with van der Waals surface area (Å²) in [5.41, 5.74) is -0.758. The number of carboxylic acids is 1. The summed E-state index contributed by atoms with van der Waals surface area (Å²) in [5, 5.41) is 9.14. The van der Waals surface area contributed by atoms with Crippen molar-refractivity contribution in [3.63, 3.8) is 0 Å². The van der Waals surface area contributed by atoms with Crippen LogP contribution in [0.4, 0.5) is 0 Å². The van der Waals surface area contributed by atoms with Gasteiger partial charge in [0.1, 0.15) is 5.54 Å². The second-order valence-corrected chi connectivity index (χ2v) is 4.12. The number of carboxylic acid groups (broad SMARTS) is 1. The zero-order chi connectivity index (χ0) is 11.4. The summed E-state index contributed by atoms with van der Waals surface area (Å²) in [5.74, 6) is -0.744. The van der Waals surface area contributed by atoms with E-state index in [2.05, 4.69) is 18.7 Å². The molecule has 0 heterocycles. The van der Waals surface area contributed by atoms with Gasteiger partial charge in [-0.3, -0.25) is 9.69 Å². The highest BCUT2D eigenvalue weighted by atomic mass is 16.4. The van der Waals surface area contributed by atoms with Gasteiger partial charge in [0.25, 0.3) is 0 Å². The molecule has 0 radical (unpaired) electrons. The summed E-state index contributed by atoms with van der Waals surface area (Å²) in [7, 11) is 0. The second kappa shape index (κ2) is 5.35. The van der Waals surface area contributed by atoms with Gasteiger partial charge in [0.15, 0.2) is 0 Å². The highest BCUT2D eigenvalue weighted by Crippen LogP contribution is 2.21. The number of nitrogens with zero attached hydrogens (tertiary/aromatic N) is 1. The fourth-order valence-corrected chi connectivity index (χ4v) is 1.96. The number of rotatable bonds is 6. The Morgan fingerprint density at radius 3 is 1.93 bits per heavy atom. The normalized spacial score (nSPS) is 12.5. The van der Waals surface area contributed by atoms with Crippen LogP contribution >= 0.6 is 0 Å². The van der Waals surface area contributed by atoms with Crippen LogP contribution in [0.15, 0.2) is 0 Å². The van der Waals surface area contributed by atoms with E-state index in [1.165, 1.54) is 0 Å². The first-order valence-electron chi connectivity index (χ1n) is 5.41. The first kappa shape index (κ1) is 13.4. The van der Waals surface area contributed by atoms with Crippen LogP contribution in [0.2, 0.25) is 0 Å². The van der Waals surface area contributed by atoms with Gasteiger partial charge < -0.3 is 5.11 Å². The summed E-state index contributed by atoms with van der Waals surface area (Å²) < 4.78 is 0. The highest BCUT2D eigenvalue weighted by molar-refractivity contribution is 5.77. The lowest BCUT2D eigenvalue weighted by Gasteiger charge is -2.39. The van der Waals surface area contributed by atoms with Crippen molar-refractivity contribution < 1.29 is 9.90 Å². The minimum Gasteiger partial charge on any atom is -0.480 e. The molecule has 0 aliphatic heterocycles. The maximum absolute atomic E-state index is 11.1. The maximum Gasteiger partial charge on any atom is 0.323 e. The Bertz CT molecular complexity index is 186. The molecule has 14 heavy (non-hydrogen) atoms. The van der Waals surface area contributed by atoms with Crippen LogP contribution in [0.5, 0.6) is 0 Å². The zero-order valence-corrected chi connectivity index (χ0v) is 10.0. The molecule has 0 fully saturated rings. The topological polar surface area (TPSA) is 40.5 Å². The fourth-order valence-electron chi connectivity index (χ4n) is 1.96. The molecule has 0 saturated heterocycles. The van der Waals surface area contributed by atoms with Gasteiger partial charge in [-0.15, -0.1) is 0 Å². The standard InChI is InChI=1S/C11H23NO2/c1-6-9(7-2)12(8-3)11(4,5)10(13)14/h9H,6-8H2,1-5H3,(H,13,14). The van der Waals surface area contributed by atoms with E-state index < -0.39 is 11.5 Å². The Morgan fingerprint density at radius 1 is 1.29 bits per heavy atom. The predicted octanol–water partition coefficient (Wildman–Crippen LogP) is 2.36. The van der Waals surface area contributed by atoms with E-state index in [0.29, 0.717) is 6.04 Å². The van der Waals surface area contributed by atoms with Crippen molar-refractivity contribution in [2.45, 2.75) is 59.0 Å². The average molecular weight is 201 g/mol. The van der Waals surface area contributed by atoms with Gasteiger partial charge >= 0.3 is 5.97 Å². The first-order chi connectivity index (χ1) is 6.41. The van der Waals surface area contributed by atoms with Gasteiger partial charge in [-0.25, -0.2) is 0 Å². The molecule has 0 atom stereocenters. The van der Waals surface area contributed by atoms with Crippen LogP contribution in [-0.4, -0.2) is 34.1 Å². The molecule has 84 valence electrons. The molecule has 0 amide bonds. The number of carbonyl (C=O) groups is 1. The summed E-state index contributed by atoms with van der Waals surface area (Å²) in [6.45, 7) is 10.6. The molecule has 0 aliphatic carbocycles. The van der Waals surface area contributed by atoms with E-state index in [1.54, 1.807) is 13.8 Å². The molecule has 0 bridgehead atoms. The minimum atomic E-state index is -0.758. The van der Waals surface area contributed by atoms with Crippen molar-refractivity contribution in [1.82, 2.24) is 4.90 Å². The Balaban J connectivity index is 4.77. The molecule has 0 unspecified atom stereocenters. The molecule has 0 aromatic heterocycles. The molecule has 0 aliphatic rings. The molecule has 0 spiro atoms. The van der Waals surface area contributed by atoms with E-state index in [1.807, 2.05) is 6.92 Å². The van der Waals surface area contributed by atoms with E-state index in [0.717, 1.165) is 19.4 Å². The Labute approximate surface area is 87.1 Å². The number of aliphatic carboxylic acids is 1. The lowest BCUT2D eigenvalue weighted by Crippen LogP contribution is -2.54. The van der Waals surface area contributed by atoms with Crippen molar-refractivity contribution in [3.05, 3.63) is 0 Å². The quantitative estimate of drug-likeness (QED) is 0.717. The summed E-state index contributed by atoms with van der Waals surface area (Å²) in [6, 6.07) is 0.367. The molecule has 1 N–H and O–H groups in total. The third-order valence-corrected chi connectivity index (χ3v) is 2.97. The fraction of sp³-hybridized carbons (Fsp3) is 0.909. The van der Waals surface area contributed by atoms with E-state index >= 15 is 0 Å². The van der Waals surface area contributed by atoms with Crippen LogP contribution in [-0.2, 0) is 4.79 Å². The smallest absolute Gasteiger partial charge is 0.323 e. The molecule has 0 aromatic rings. The van der Waals surface area contributed by atoms with Crippen molar-refractivity contribution in [2.24, 2.45) is 0 Å². The maximum atomic E-state index is 11.1. The lowest BCUT2D eigenvalue weighted by molar-refractivity contribution is -0.151. The van der Waals surface area contributed by atoms with E-state index in [4.69, 9.17) is 5.11 Å². The van der Waals surface area contributed by atoms with Gasteiger partial charge in [0, 0.05) is 6.04 Å². The molecule has 3 heteroatoms. The van der Waals surface area contributed by atoms with E-state index in [9.17, 15) is 4.79 Å². The van der Waals surface area contributed by atoms with Crippen LogP contribution in [0, 0.1) is 0 Å². The molecular weight excluding hydrogens is 178 g/mol. The van der Waals surface area contributed by atoms with Crippen molar-refractivity contribution >= 4 is 5.97 Å². The summed E-state index contributed by atoms with van der Waals surface area (Å²) in [4.78, 5) is 13.2. The SMILES string of the molecule is CCC(CC)N(CC)C(C)(C)C(=O)O. The van der Waals surface area contributed by atoms with E-state index in [-0.39, 0.29) is 0 Å². The number of hydrogen-bond donors (Lipinski definition) is 1. The van der Waals surface area contributed by atoms with Gasteiger partial charge in [0.2, 0.25) is 0 Å². The van der Waals surface area contributed by atoms with Crippen molar-refractivity contribution in [1.29, 1.82) is 0 Å². The van der Waals surface area contributed by atoms with Crippen LogP contribution in [0.25, 0.3) is 0 Å². The van der Waals surface area contributed by atoms with Crippen LogP contribution in [0.1, 0.15) is 47.5 Å². The Hall–Kier alpha value is -0.570. The Morgan fingerprint density at radius 2 is 1.71 bits per heavy atom. The van der Waals surface area contributed by atoms with Crippen LogP contribution < -0.4 is 0 Å². The van der Waals surface area contributed by atoms with Gasteiger partial charge in [0.05, 0.1) is 0 Å². The monoisotopic (exact) mass is 201 g/mol. The average Bonchev–Trinajstić information content (AvgIpc) is 2.13. The van der Waals surface area contributed by atoms with Gasteiger partial charge in [-0.05, 0) is 33.2 Å². The highest BCUT2D eigenvalue weighted by Gasteiger charge is 2.36. The predicted molar refractivity (Wildman–Crippen MR) is 58.5 cm³/mol. The largest absolute Gasteiger partial charge is 0.480 e. The summed E-state index contributed by atoms with van der Waals surface area (Å²) >= 11 is 0. The Kier molecular flexibility index (Phi) is 5.13. The van der Waals surface area contributed by atoms with Gasteiger partial charge in [-0.2, -0.15) is 0 Å². The minimum absolute atomic E-state index is 0.367. The lowest BCUT2D eigenvalue weighted by atomic mass is 9.98. The van der Waals surface area contributed by atoms with Crippen molar-refractivity contribution in [2.75, 3.05) is 6.54 Å². The summed E-state index contributed by atoms with van der Waals surface area (Å²) in [6.07, 6.45) is 2.00. The third-order valence-electron chi connectivity index (χ3n) is 2.97. The van der Waals surface area contributed by atoms with Gasteiger partial charge in [-0.1, -0.05) is 20.8 Å². The molecule has 3 nitrogen and oxygen atoms in total. The van der Waals surface area contributed by atoms with Crippen molar-refractivity contribution in [3.8, 4) is 0 Å². The second-order valence-electron chi connectivity index (χ2n) is 4.12. The number of hydrogen-bond acceptors (Lipinski definition) is 2. The third kappa shape index (κ3) is 2.71. The molecular formula is C11H23NO2. The molecule has 0 aromatic carbocycles. The molecule has 0 saturated carbocycles. The zero-order valence-electron chi connectivity index (χ0n) is 10.0. The molecule has 0 rings (SSSR count). The number of likely N-dealkylation sites (N-methyl/N-ethyl adjacent to an activating group) is 1. The first-order valence-corrected chi connectivity index (χ1v) is 5.41.